The van der Waals surface area contributed by atoms with Crippen LogP contribution in [0.3, 0.4) is 0 Å². The Bertz CT molecular complexity index is 1030. The van der Waals surface area contributed by atoms with E-state index in [2.05, 4.69) is 10.6 Å². The molecule has 0 aliphatic carbocycles. The Hall–Kier alpha value is -2.60. The summed E-state index contributed by atoms with van der Waals surface area (Å²) in [5, 5.41) is 5.30. The zero-order valence-electron chi connectivity index (χ0n) is 17.9. The third-order valence-corrected chi connectivity index (χ3v) is 6.22. The Balaban J connectivity index is 1.71. The molecule has 2 heterocycles. The average Bonchev–Trinajstić information content (AvgIpc) is 3.20. The molecule has 1 atom stereocenters. The SMILES string of the molecule is CN(C)[C@H](CNC(=O)c1ccc(Cl)s1)C(=O)Nc1ccc(N2CCOCC2=O)c(C(F)F)c1. The highest BCUT2D eigenvalue weighted by Gasteiger charge is 2.27. The summed E-state index contributed by atoms with van der Waals surface area (Å²) in [6.45, 7) is 0.243. The van der Waals surface area contributed by atoms with Gasteiger partial charge in [0.2, 0.25) is 5.91 Å². The number of carbonyl (C=O) groups excluding carboxylic acids is 3. The molecule has 2 N–H and O–H groups in total. The minimum Gasteiger partial charge on any atom is -0.370 e. The zero-order chi connectivity index (χ0) is 24.1. The average molecular weight is 501 g/mol. The molecule has 178 valence electrons. The molecule has 1 aromatic carbocycles. The number of benzene rings is 1. The van der Waals surface area contributed by atoms with Gasteiger partial charge in [-0.05, 0) is 44.4 Å². The van der Waals surface area contributed by atoms with Gasteiger partial charge in [0, 0.05) is 24.3 Å². The summed E-state index contributed by atoms with van der Waals surface area (Å²) in [6.07, 6.45) is -2.85. The van der Waals surface area contributed by atoms with Crippen LogP contribution < -0.4 is 15.5 Å². The maximum Gasteiger partial charge on any atom is 0.265 e. The fourth-order valence-corrected chi connectivity index (χ4v) is 4.23. The van der Waals surface area contributed by atoms with E-state index in [0.717, 1.165) is 17.4 Å². The molecule has 0 bridgehead atoms. The molecular weight excluding hydrogens is 478 g/mol. The summed E-state index contributed by atoms with van der Waals surface area (Å²) >= 11 is 6.96. The number of hydrogen-bond donors (Lipinski definition) is 2. The smallest absolute Gasteiger partial charge is 0.265 e. The van der Waals surface area contributed by atoms with Gasteiger partial charge in [0.1, 0.15) is 12.6 Å². The van der Waals surface area contributed by atoms with Crippen molar-refractivity contribution in [2.75, 3.05) is 50.6 Å². The van der Waals surface area contributed by atoms with E-state index in [4.69, 9.17) is 16.3 Å². The predicted molar refractivity (Wildman–Crippen MR) is 122 cm³/mol. The number of alkyl halides is 2. The summed E-state index contributed by atoms with van der Waals surface area (Å²) in [6, 6.07) is 6.42. The molecular formula is C21H23ClF2N4O4S. The first-order valence-corrected chi connectivity index (χ1v) is 11.2. The topological polar surface area (TPSA) is 91.0 Å². The van der Waals surface area contributed by atoms with Gasteiger partial charge in [0.15, 0.2) is 0 Å². The third kappa shape index (κ3) is 6.26. The number of nitrogens with one attached hydrogen (secondary N) is 2. The summed E-state index contributed by atoms with van der Waals surface area (Å²) in [7, 11) is 3.33. The van der Waals surface area contributed by atoms with Crippen molar-refractivity contribution in [2.24, 2.45) is 0 Å². The van der Waals surface area contributed by atoms with E-state index in [9.17, 15) is 23.2 Å². The highest BCUT2D eigenvalue weighted by atomic mass is 35.5. The Morgan fingerprint density at radius 3 is 2.64 bits per heavy atom. The summed E-state index contributed by atoms with van der Waals surface area (Å²) < 4.78 is 33.0. The number of amides is 3. The fourth-order valence-electron chi connectivity index (χ4n) is 3.27. The Morgan fingerprint density at radius 2 is 2.03 bits per heavy atom. The number of ether oxygens (including phenoxy) is 1. The Kier molecular flexibility index (Phi) is 8.35. The summed E-state index contributed by atoms with van der Waals surface area (Å²) in [4.78, 5) is 40.4. The fraction of sp³-hybridized carbons (Fsp3) is 0.381. The molecule has 1 saturated heterocycles. The molecule has 0 radical (unpaired) electrons. The highest BCUT2D eigenvalue weighted by molar-refractivity contribution is 7.18. The van der Waals surface area contributed by atoms with Crippen molar-refractivity contribution < 1.29 is 27.9 Å². The lowest BCUT2D eigenvalue weighted by atomic mass is 10.1. The van der Waals surface area contributed by atoms with Crippen molar-refractivity contribution >= 4 is 52.0 Å². The number of hydrogen-bond acceptors (Lipinski definition) is 6. The van der Waals surface area contributed by atoms with Crippen molar-refractivity contribution in [3.8, 4) is 0 Å². The van der Waals surface area contributed by atoms with Crippen LogP contribution in [0, 0.1) is 0 Å². The number of rotatable bonds is 8. The predicted octanol–water partition coefficient (Wildman–Crippen LogP) is 3.00. The first-order valence-electron chi connectivity index (χ1n) is 9.98. The van der Waals surface area contributed by atoms with Gasteiger partial charge in [-0.1, -0.05) is 11.6 Å². The maximum atomic E-state index is 13.7. The number of halogens is 3. The van der Waals surface area contributed by atoms with Gasteiger partial charge in [-0.2, -0.15) is 0 Å². The Labute approximate surface area is 198 Å². The van der Waals surface area contributed by atoms with Gasteiger partial charge in [0.05, 0.1) is 21.5 Å². The van der Waals surface area contributed by atoms with Crippen LogP contribution in [0.1, 0.15) is 21.7 Å². The number of carbonyl (C=O) groups is 3. The van der Waals surface area contributed by atoms with Crippen molar-refractivity contribution in [2.45, 2.75) is 12.5 Å². The van der Waals surface area contributed by atoms with E-state index in [1.54, 1.807) is 31.1 Å². The lowest BCUT2D eigenvalue weighted by molar-refractivity contribution is -0.125. The molecule has 0 spiro atoms. The molecule has 1 aliphatic heterocycles. The number of thiophene rings is 1. The van der Waals surface area contributed by atoms with Gasteiger partial charge >= 0.3 is 0 Å². The first-order chi connectivity index (χ1) is 15.7. The van der Waals surface area contributed by atoms with Crippen LogP contribution >= 0.6 is 22.9 Å². The lowest BCUT2D eigenvalue weighted by Crippen LogP contribution is -2.47. The first kappa shape index (κ1) is 25.0. The standard InChI is InChI=1S/C21H23ClF2N4O4S/c1-27(2)15(10-25-21(31)16-5-6-17(22)33-16)20(30)26-12-3-4-14(13(9-12)19(23)24)28-7-8-32-11-18(28)29/h3-6,9,15,19H,7-8,10-11H2,1-2H3,(H,25,31)(H,26,30)/t15-/m1/s1. The molecule has 2 aromatic rings. The second kappa shape index (κ2) is 11.0. The number of nitrogens with zero attached hydrogens (tertiary/aromatic N) is 2. The van der Waals surface area contributed by atoms with Crippen LogP contribution in [0.2, 0.25) is 4.34 Å². The van der Waals surface area contributed by atoms with Crippen LogP contribution in [-0.4, -0.2) is 69.1 Å². The van der Waals surface area contributed by atoms with Crippen LogP contribution in [0.15, 0.2) is 30.3 Å². The highest BCUT2D eigenvalue weighted by Crippen LogP contribution is 2.33. The van der Waals surface area contributed by atoms with Crippen LogP contribution in [-0.2, 0) is 14.3 Å². The molecule has 12 heteroatoms. The minimum atomic E-state index is -2.85. The normalized spacial score (nSPS) is 15.1. The Morgan fingerprint density at radius 1 is 1.27 bits per heavy atom. The van der Waals surface area contributed by atoms with Crippen molar-refractivity contribution in [1.29, 1.82) is 0 Å². The largest absolute Gasteiger partial charge is 0.370 e. The van der Waals surface area contributed by atoms with Crippen LogP contribution in [0.4, 0.5) is 20.2 Å². The molecule has 33 heavy (non-hydrogen) atoms. The monoisotopic (exact) mass is 500 g/mol. The van der Waals surface area contributed by atoms with E-state index in [-0.39, 0.29) is 49.1 Å². The molecule has 3 rings (SSSR count). The number of anilines is 2. The lowest BCUT2D eigenvalue weighted by Gasteiger charge is -2.29. The van der Waals surface area contributed by atoms with E-state index >= 15 is 0 Å². The van der Waals surface area contributed by atoms with Gasteiger partial charge in [-0.15, -0.1) is 11.3 Å². The summed E-state index contributed by atoms with van der Waals surface area (Å²) in [5.41, 5.74) is -0.127. The summed E-state index contributed by atoms with van der Waals surface area (Å²) in [5.74, 6) is -1.26. The zero-order valence-corrected chi connectivity index (χ0v) is 19.5. The van der Waals surface area contributed by atoms with Crippen molar-refractivity contribution in [3.05, 3.63) is 45.1 Å². The third-order valence-electron chi connectivity index (χ3n) is 4.99. The number of likely N-dealkylation sites (N-methyl/N-ethyl adjacent to an activating group) is 1. The van der Waals surface area contributed by atoms with Gasteiger partial charge in [-0.3, -0.25) is 19.3 Å². The van der Waals surface area contributed by atoms with E-state index in [0.29, 0.717) is 9.21 Å². The molecule has 8 nitrogen and oxygen atoms in total. The van der Waals surface area contributed by atoms with Gasteiger partial charge in [-0.25, -0.2) is 8.78 Å². The maximum absolute atomic E-state index is 13.7. The van der Waals surface area contributed by atoms with Crippen molar-refractivity contribution in [3.63, 3.8) is 0 Å². The molecule has 1 fully saturated rings. The van der Waals surface area contributed by atoms with Crippen LogP contribution in [0.25, 0.3) is 0 Å². The minimum absolute atomic E-state index is 0.00471. The molecule has 3 amide bonds. The molecule has 0 unspecified atom stereocenters. The van der Waals surface area contributed by atoms with E-state index in [1.807, 2.05) is 0 Å². The number of morpholine rings is 1. The molecule has 0 saturated carbocycles. The van der Waals surface area contributed by atoms with E-state index in [1.165, 1.54) is 17.0 Å². The second-order valence-electron chi connectivity index (χ2n) is 7.45. The quantitative estimate of drug-likeness (QED) is 0.581. The van der Waals surface area contributed by atoms with Gasteiger partial charge in [0.25, 0.3) is 18.2 Å². The molecule has 1 aromatic heterocycles. The van der Waals surface area contributed by atoms with E-state index < -0.39 is 24.3 Å². The van der Waals surface area contributed by atoms with Crippen molar-refractivity contribution in [1.82, 2.24) is 10.2 Å². The second-order valence-corrected chi connectivity index (χ2v) is 9.17. The van der Waals surface area contributed by atoms with Gasteiger partial charge < -0.3 is 20.3 Å². The van der Waals surface area contributed by atoms with Crippen LogP contribution in [0.5, 0.6) is 0 Å². The molecule has 1 aliphatic rings.